The molecule has 0 unspecified atom stereocenters. The van der Waals surface area contributed by atoms with Gasteiger partial charge >= 0.3 is 5.97 Å². The lowest BCUT2D eigenvalue weighted by molar-refractivity contribution is -0.139. The lowest BCUT2D eigenvalue weighted by atomic mass is 10.1. The maximum atomic E-state index is 11.8. The van der Waals surface area contributed by atoms with Crippen LogP contribution in [0.4, 0.5) is 0 Å². The maximum Gasteiger partial charge on any atom is 0.321 e. The summed E-state index contributed by atoms with van der Waals surface area (Å²) in [7, 11) is -3.56. The number of thiocarbonyl (C=S) groups is 1. The fraction of sp³-hybridized carbons (Fsp3) is 0.333. The van der Waals surface area contributed by atoms with E-state index in [1.807, 2.05) is 0 Å². The summed E-state index contributed by atoms with van der Waals surface area (Å²) in [4.78, 5) is 11.4. The van der Waals surface area contributed by atoms with Gasteiger partial charge in [-0.2, -0.15) is 0 Å². The summed E-state index contributed by atoms with van der Waals surface area (Å²) in [5.74, 6) is -1.62. The zero-order valence-electron chi connectivity index (χ0n) is 10.5. The van der Waals surface area contributed by atoms with Crippen molar-refractivity contribution in [2.45, 2.75) is 12.7 Å². The van der Waals surface area contributed by atoms with Gasteiger partial charge < -0.3 is 10.5 Å². The third kappa shape index (κ3) is 5.35. The van der Waals surface area contributed by atoms with Crippen molar-refractivity contribution in [3.05, 3.63) is 35.4 Å². The second-order valence-corrected chi connectivity index (χ2v) is 6.41. The summed E-state index contributed by atoms with van der Waals surface area (Å²) in [6, 6.07) is 6.61. The molecule has 0 aromatic heterocycles. The largest absolute Gasteiger partial charge is 0.465 e. The second-order valence-electron chi connectivity index (χ2n) is 3.90. The Bertz CT molecular complexity index is 581. The van der Waals surface area contributed by atoms with E-state index in [4.69, 9.17) is 18.0 Å². The van der Waals surface area contributed by atoms with Crippen LogP contribution in [-0.4, -0.2) is 31.7 Å². The molecule has 104 valence electrons. The number of hydrogen-bond donors (Lipinski definition) is 1. The van der Waals surface area contributed by atoms with Crippen LogP contribution in [0.15, 0.2) is 24.3 Å². The number of esters is 1. The number of benzene rings is 1. The third-order valence-electron chi connectivity index (χ3n) is 2.24. The van der Waals surface area contributed by atoms with E-state index >= 15 is 0 Å². The van der Waals surface area contributed by atoms with E-state index in [1.54, 1.807) is 31.2 Å². The van der Waals surface area contributed by atoms with Gasteiger partial charge in [-0.15, -0.1) is 0 Å². The van der Waals surface area contributed by atoms with Crippen LogP contribution in [0, 0.1) is 0 Å². The minimum atomic E-state index is -3.56. The highest BCUT2D eigenvalue weighted by atomic mass is 32.2. The predicted molar refractivity (Wildman–Crippen MR) is 76.5 cm³/mol. The number of carbonyl (C=O) groups excluding carboxylic acids is 1. The molecule has 2 N–H and O–H groups in total. The van der Waals surface area contributed by atoms with Crippen LogP contribution in [0.5, 0.6) is 0 Å². The van der Waals surface area contributed by atoms with Crippen LogP contribution < -0.4 is 5.73 Å². The zero-order chi connectivity index (χ0) is 14.5. The molecule has 0 saturated carbocycles. The zero-order valence-corrected chi connectivity index (χ0v) is 12.1. The summed E-state index contributed by atoms with van der Waals surface area (Å²) in [5, 5.41) is 0. The van der Waals surface area contributed by atoms with Gasteiger partial charge in [0.2, 0.25) is 0 Å². The van der Waals surface area contributed by atoms with E-state index in [2.05, 4.69) is 4.74 Å². The molecule has 0 aliphatic rings. The van der Waals surface area contributed by atoms with E-state index in [9.17, 15) is 13.2 Å². The molecule has 0 heterocycles. The Hall–Kier alpha value is -1.47. The van der Waals surface area contributed by atoms with Gasteiger partial charge in [-0.3, -0.25) is 4.79 Å². The van der Waals surface area contributed by atoms with Crippen molar-refractivity contribution in [3.8, 4) is 0 Å². The number of carbonyl (C=O) groups is 1. The van der Waals surface area contributed by atoms with Gasteiger partial charge in [0, 0.05) is 5.56 Å². The van der Waals surface area contributed by atoms with Crippen molar-refractivity contribution in [1.29, 1.82) is 0 Å². The molecule has 1 aromatic rings. The van der Waals surface area contributed by atoms with Crippen LogP contribution >= 0.6 is 12.2 Å². The van der Waals surface area contributed by atoms with Crippen molar-refractivity contribution in [3.63, 3.8) is 0 Å². The van der Waals surface area contributed by atoms with E-state index in [0.29, 0.717) is 11.1 Å². The SMILES string of the molecule is CCOC(=O)CS(=O)(=O)Cc1cccc(C(N)=S)c1. The Morgan fingerprint density at radius 2 is 2.11 bits per heavy atom. The number of hydrogen-bond acceptors (Lipinski definition) is 5. The van der Waals surface area contributed by atoms with E-state index in [-0.39, 0.29) is 17.3 Å². The lowest BCUT2D eigenvalue weighted by Gasteiger charge is -2.06. The topological polar surface area (TPSA) is 86.5 Å². The van der Waals surface area contributed by atoms with Gasteiger partial charge in [0.25, 0.3) is 0 Å². The Morgan fingerprint density at radius 3 is 2.68 bits per heavy atom. The molecular formula is C12H15NO4S2. The Morgan fingerprint density at radius 1 is 1.42 bits per heavy atom. The molecule has 19 heavy (non-hydrogen) atoms. The predicted octanol–water partition coefficient (Wildman–Crippen LogP) is 0.799. The monoisotopic (exact) mass is 301 g/mol. The second kappa shape index (κ2) is 6.63. The molecule has 0 aliphatic heterocycles. The standard InChI is InChI=1S/C12H15NO4S2/c1-2-17-11(14)8-19(15,16)7-9-4-3-5-10(6-9)12(13)18/h3-6H,2,7-8H2,1H3,(H2,13,18). The molecule has 0 fully saturated rings. The molecule has 0 radical (unpaired) electrons. The maximum absolute atomic E-state index is 11.8. The minimum absolute atomic E-state index is 0.158. The van der Waals surface area contributed by atoms with Crippen molar-refractivity contribution < 1.29 is 17.9 Å². The number of ether oxygens (including phenoxy) is 1. The smallest absolute Gasteiger partial charge is 0.321 e. The van der Waals surface area contributed by atoms with Gasteiger partial charge in [0.05, 0.1) is 12.4 Å². The first-order valence-corrected chi connectivity index (χ1v) is 7.82. The van der Waals surface area contributed by atoms with Gasteiger partial charge in [-0.1, -0.05) is 30.4 Å². The van der Waals surface area contributed by atoms with Crippen molar-refractivity contribution in [2.75, 3.05) is 12.4 Å². The van der Waals surface area contributed by atoms with Crippen LogP contribution in [0.2, 0.25) is 0 Å². The first-order valence-electron chi connectivity index (χ1n) is 5.59. The lowest BCUT2D eigenvalue weighted by Crippen LogP contribution is -2.20. The number of rotatable bonds is 6. The van der Waals surface area contributed by atoms with Crippen LogP contribution in [0.25, 0.3) is 0 Å². The van der Waals surface area contributed by atoms with E-state index < -0.39 is 21.6 Å². The molecule has 7 heteroatoms. The summed E-state index contributed by atoms with van der Waals surface area (Å²) in [5.41, 5.74) is 6.61. The molecule has 1 aromatic carbocycles. The molecule has 5 nitrogen and oxygen atoms in total. The Kier molecular flexibility index (Phi) is 5.44. The average Bonchev–Trinajstić information content (AvgIpc) is 2.27. The van der Waals surface area contributed by atoms with Crippen LogP contribution in [0.1, 0.15) is 18.1 Å². The quantitative estimate of drug-likeness (QED) is 0.618. The average molecular weight is 301 g/mol. The highest BCUT2D eigenvalue weighted by molar-refractivity contribution is 7.91. The van der Waals surface area contributed by atoms with E-state index in [0.717, 1.165) is 0 Å². The summed E-state index contributed by atoms with van der Waals surface area (Å²) < 4.78 is 28.2. The first-order chi connectivity index (χ1) is 8.84. The summed E-state index contributed by atoms with van der Waals surface area (Å²) in [6.07, 6.45) is 0. The molecule has 0 atom stereocenters. The molecule has 0 amide bonds. The molecular weight excluding hydrogens is 286 g/mol. The highest BCUT2D eigenvalue weighted by Crippen LogP contribution is 2.10. The van der Waals surface area contributed by atoms with Crippen LogP contribution in [0.3, 0.4) is 0 Å². The highest BCUT2D eigenvalue weighted by Gasteiger charge is 2.18. The van der Waals surface area contributed by atoms with E-state index in [1.165, 1.54) is 0 Å². The fourth-order valence-corrected chi connectivity index (χ4v) is 2.86. The van der Waals surface area contributed by atoms with Gasteiger partial charge in [0.15, 0.2) is 9.84 Å². The fourth-order valence-electron chi connectivity index (χ4n) is 1.50. The minimum Gasteiger partial charge on any atom is -0.465 e. The normalized spacial score (nSPS) is 11.0. The first kappa shape index (κ1) is 15.6. The Labute approximate surface area is 117 Å². The molecule has 0 saturated heterocycles. The van der Waals surface area contributed by atoms with Crippen molar-refractivity contribution >= 4 is 33.0 Å². The number of nitrogens with two attached hydrogens (primary N) is 1. The molecule has 0 bridgehead atoms. The van der Waals surface area contributed by atoms with Gasteiger partial charge in [-0.05, 0) is 18.6 Å². The van der Waals surface area contributed by atoms with Gasteiger partial charge in [0.1, 0.15) is 10.7 Å². The molecule has 0 aliphatic carbocycles. The summed E-state index contributed by atoms with van der Waals surface area (Å²) in [6.45, 7) is 1.78. The van der Waals surface area contributed by atoms with Crippen molar-refractivity contribution in [1.82, 2.24) is 0 Å². The van der Waals surface area contributed by atoms with Gasteiger partial charge in [-0.25, -0.2) is 8.42 Å². The third-order valence-corrected chi connectivity index (χ3v) is 3.93. The Balaban J connectivity index is 2.81. The molecule has 1 rings (SSSR count). The number of sulfone groups is 1. The van der Waals surface area contributed by atoms with Crippen molar-refractivity contribution in [2.24, 2.45) is 5.73 Å². The summed E-state index contributed by atoms with van der Waals surface area (Å²) >= 11 is 4.82. The molecule has 0 spiro atoms. The van der Waals surface area contributed by atoms with Crippen LogP contribution in [-0.2, 0) is 25.1 Å².